The van der Waals surface area contributed by atoms with Crippen molar-refractivity contribution in [2.75, 3.05) is 14.2 Å². The molecule has 0 aliphatic heterocycles. The fraction of sp³-hybridized carbons (Fsp3) is 0.438. The van der Waals surface area contributed by atoms with Crippen LogP contribution in [0.4, 0.5) is 0 Å². The summed E-state index contributed by atoms with van der Waals surface area (Å²) in [6.07, 6.45) is 1.45. The van der Waals surface area contributed by atoms with Gasteiger partial charge in [-0.1, -0.05) is 12.2 Å². The highest BCUT2D eigenvalue weighted by Gasteiger charge is 2.34. The predicted molar refractivity (Wildman–Crippen MR) is 75.8 cm³/mol. The molecule has 108 valence electrons. The van der Waals surface area contributed by atoms with Gasteiger partial charge >= 0.3 is 5.97 Å². The Labute approximate surface area is 119 Å². The van der Waals surface area contributed by atoms with E-state index in [1.165, 1.54) is 13.2 Å². The molecule has 0 unspecified atom stereocenters. The summed E-state index contributed by atoms with van der Waals surface area (Å²) in [4.78, 5) is 12.0. The Morgan fingerprint density at radius 2 is 2.10 bits per heavy atom. The molecule has 1 aliphatic carbocycles. The summed E-state index contributed by atoms with van der Waals surface area (Å²) < 4.78 is 10.4. The van der Waals surface area contributed by atoms with Crippen LogP contribution in [-0.4, -0.2) is 25.3 Å². The number of hydrogen-bond acceptors (Lipinski definition) is 4. The standard InChI is InChI=1S/C16H20O4/c1-9(2)12-6-5-10-7-11(17)8-13(16(18)20-4)14(10)15(12)19-3/h7-8,12,15,17H,1,5-6H2,2-4H3/t12-,15+/m0/s1. The first-order chi connectivity index (χ1) is 9.49. The molecular formula is C16H20O4. The molecule has 20 heavy (non-hydrogen) atoms. The van der Waals surface area contributed by atoms with Gasteiger partial charge in [0.05, 0.1) is 18.8 Å². The molecule has 1 aliphatic rings. The summed E-state index contributed by atoms with van der Waals surface area (Å²) in [5, 5.41) is 9.78. The highest BCUT2D eigenvalue weighted by atomic mass is 16.5. The zero-order valence-corrected chi connectivity index (χ0v) is 12.1. The first-order valence-corrected chi connectivity index (χ1v) is 6.61. The summed E-state index contributed by atoms with van der Waals surface area (Å²) in [7, 11) is 2.96. The van der Waals surface area contributed by atoms with Crippen molar-refractivity contribution in [3.8, 4) is 5.75 Å². The fourth-order valence-corrected chi connectivity index (χ4v) is 2.97. The van der Waals surface area contributed by atoms with Gasteiger partial charge in [-0.15, -0.1) is 0 Å². The molecule has 0 heterocycles. The largest absolute Gasteiger partial charge is 0.508 e. The molecule has 2 rings (SSSR count). The van der Waals surface area contributed by atoms with Crippen LogP contribution in [-0.2, 0) is 15.9 Å². The molecule has 0 saturated heterocycles. The maximum atomic E-state index is 12.0. The summed E-state index contributed by atoms with van der Waals surface area (Å²) in [5.74, 6) is -0.213. The van der Waals surface area contributed by atoms with Crippen molar-refractivity contribution in [1.82, 2.24) is 0 Å². The molecule has 1 aromatic carbocycles. The van der Waals surface area contributed by atoms with E-state index in [1.807, 2.05) is 6.92 Å². The number of carbonyl (C=O) groups is 1. The van der Waals surface area contributed by atoms with Gasteiger partial charge < -0.3 is 14.6 Å². The van der Waals surface area contributed by atoms with Crippen LogP contribution in [0.5, 0.6) is 5.75 Å². The third kappa shape index (κ3) is 2.43. The van der Waals surface area contributed by atoms with Gasteiger partial charge in [-0.2, -0.15) is 0 Å². The average Bonchev–Trinajstić information content (AvgIpc) is 2.43. The van der Waals surface area contributed by atoms with Crippen LogP contribution in [0.15, 0.2) is 24.3 Å². The molecule has 0 bridgehead atoms. The van der Waals surface area contributed by atoms with Crippen LogP contribution in [0.25, 0.3) is 0 Å². The second-order valence-electron chi connectivity index (χ2n) is 5.21. The van der Waals surface area contributed by atoms with Gasteiger partial charge in [0.1, 0.15) is 5.75 Å². The third-order valence-electron chi connectivity index (χ3n) is 3.92. The lowest BCUT2D eigenvalue weighted by atomic mass is 9.76. The van der Waals surface area contributed by atoms with Crippen molar-refractivity contribution in [2.45, 2.75) is 25.9 Å². The van der Waals surface area contributed by atoms with Crippen molar-refractivity contribution in [3.05, 3.63) is 41.0 Å². The maximum Gasteiger partial charge on any atom is 0.338 e. The Hall–Kier alpha value is -1.81. The third-order valence-corrected chi connectivity index (χ3v) is 3.92. The van der Waals surface area contributed by atoms with Gasteiger partial charge in [0.25, 0.3) is 0 Å². The first-order valence-electron chi connectivity index (χ1n) is 6.61. The number of aryl methyl sites for hydroxylation is 1. The second-order valence-corrected chi connectivity index (χ2v) is 5.21. The van der Waals surface area contributed by atoms with E-state index in [1.54, 1.807) is 13.2 Å². The molecular weight excluding hydrogens is 256 g/mol. The molecule has 0 spiro atoms. The van der Waals surface area contributed by atoms with E-state index in [9.17, 15) is 9.90 Å². The van der Waals surface area contributed by atoms with Crippen LogP contribution in [0.3, 0.4) is 0 Å². The minimum Gasteiger partial charge on any atom is -0.508 e. The molecule has 1 N–H and O–H groups in total. The Morgan fingerprint density at radius 1 is 1.40 bits per heavy atom. The SMILES string of the molecule is C=C(C)[C@@H]1CCc2cc(O)cc(C(=O)OC)c2[C@@H]1OC. The van der Waals surface area contributed by atoms with E-state index in [-0.39, 0.29) is 17.8 Å². The van der Waals surface area contributed by atoms with E-state index in [0.29, 0.717) is 5.56 Å². The zero-order chi connectivity index (χ0) is 14.9. The van der Waals surface area contributed by atoms with Crippen LogP contribution < -0.4 is 0 Å². The monoisotopic (exact) mass is 276 g/mol. The number of ether oxygens (including phenoxy) is 2. The minimum atomic E-state index is -0.457. The number of aromatic hydroxyl groups is 1. The molecule has 0 aromatic heterocycles. The Balaban J connectivity index is 2.61. The number of methoxy groups -OCH3 is 2. The van der Waals surface area contributed by atoms with Crippen LogP contribution in [0.1, 0.15) is 40.9 Å². The summed E-state index contributed by atoms with van der Waals surface area (Å²) in [5.41, 5.74) is 3.16. The molecule has 2 atom stereocenters. The van der Waals surface area contributed by atoms with Crippen molar-refractivity contribution >= 4 is 5.97 Å². The van der Waals surface area contributed by atoms with Gasteiger partial charge in [0.2, 0.25) is 0 Å². The lowest BCUT2D eigenvalue weighted by molar-refractivity contribution is 0.0479. The van der Waals surface area contributed by atoms with Crippen molar-refractivity contribution < 1.29 is 19.4 Å². The van der Waals surface area contributed by atoms with Crippen molar-refractivity contribution in [1.29, 1.82) is 0 Å². The average molecular weight is 276 g/mol. The number of carbonyl (C=O) groups excluding carboxylic acids is 1. The smallest absolute Gasteiger partial charge is 0.338 e. The van der Waals surface area contributed by atoms with E-state index < -0.39 is 5.97 Å². The highest BCUT2D eigenvalue weighted by Crippen LogP contribution is 2.43. The number of rotatable bonds is 3. The van der Waals surface area contributed by atoms with E-state index in [4.69, 9.17) is 9.47 Å². The predicted octanol–water partition coefficient (Wildman–Crippen LogP) is 3.00. The van der Waals surface area contributed by atoms with E-state index >= 15 is 0 Å². The maximum absolute atomic E-state index is 12.0. The molecule has 0 saturated carbocycles. The highest BCUT2D eigenvalue weighted by molar-refractivity contribution is 5.92. The number of esters is 1. The Bertz CT molecular complexity index is 548. The van der Waals surface area contributed by atoms with Gasteiger partial charge in [0.15, 0.2) is 0 Å². The van der Waals surface area contributed by atoms with Crippen molar-refractivity contribution in [2.24, 2.45) is 5.92 Å². The zero-order valence-electron chi connectivity index (χ0n) is 12.1. The summed E-state index contributed by atoms with van der Waals surface area (Å²) >= 11 is 0. The molecule has 4 heteroatoms. The quantitative estimate of drug-likeness (QED) is 0.681. The Morgan fingerprint density at radius 3 is 2.65 bits per heavy atom. The van der Waals surface area contributed by atoms with E-state index in [0.717, 1.165) is 29.5 Å². The molecule has 0 amide bonds. The van der Waals surface area contributed by atoms with Gasteiger partial charge in [-0.25, -0.2) is 4.79 Å². The van der Waals surface area contributed by atoms with Crippen LogP contribution in [0, 0.1) is 5.92 Å². The number of phenols is 1. The lowest BCUT2D eigenvalue weighted by Gasteiger charge is -2.34. The number of phenolic OH excluding ortho intramolecular Hbond substituents is 1. The number of hydrogen-bond donors (Lipinski definition) is 1. The first kappa shape index (κ1) is 14.6. The van der Waals surface area contributed by atoms with E-state index in [2.05, 4.69) is 6.58 Å². The van der Waals surface area contributed by atoms with Gasteiger partial charge in [0, 0.05) is 13.0 Å². The summed E-state index contributed by atoms with van der Waals surface area (Å²) in [6.45, 7) is 5.99. The molecule has 0 fully saturated rings. The van der Waals surface area contributed by atoms with Crippen LogP contribution in [0.2, 0.25) is 0 Å². The van der Waals surface area contributed by atoms with Crippen molar-refractivity contribution in [3.63, 3.8) is 0 Å². The van der Waals surface area contributed by atoms with Gasteiger partial charge in [-0.3, -0.25) is 0 Å². The van der Waals surface area contributed by atoms with Crippen LogP contribution >= 0.6 is 0 Å². The summed E-state index contributed by atoms with van der Waals surface area (Å²) in [6, 6.07) is 3.14. The fourth-order valence-electron chi connectivity index (χ4n) is 2.97. The molecule has 1 aromatic rings. The Kier molecular flexibility index (Phi) is 4.14. The number of benzene rings is 1. The normalized spacial score (nSPS) is 21.1. The minimum absolute atomic E-state index is 0.0766. The van der Waals surface area contributed by atoms with Gasteiger partial charge in [-0.05, 0) is 43.0 Å². The number of fused-ring (bicyclic) bond motifs is 1. The molecule has 0 radical (unpaired) electrons. The lowest BCUT2D eigenvalue weighted by Crippen LogP contribution is -2.25. The second kappa shape index (κ2) is 5.67. The topological polar surface area (TPSA) is 55.8 Å². The molecule has 4 nitrogen and oxygen atoms in total.